The molecule has 1 amide bonds. The standard InChI is InChI=1S/C33H37N5O3/c1-6-29(39)35-28-18-25(10-7-22(28)4)30-27-17-26(33(40)41-21(2)3)19-34-32(27)36-31(30)24-11-8-23(9-12-24)20-38-15-13-37(5)14-16-38/h6-12,17-19,21H,1,13-16,20H2,2-5H3,(H,34,36)(H,35,39). The molecule has 212 valence electrons. The van der Waals surface area contributed by atoms with Gasteiger partial charge in [0.25, 0.3) is 0 Å². The molecule has 2 N–H and O–H groups in total. The minimum absolute atomic E-state index is 0.239. The van der Waals surface area contributed by atoms with Crippen LogP contribution in [0.2, 0.25) is 0 Å². The number of fused-ring (bicyclic) bond motifs is 1. The predicted octanol–water partition coefficient (Wildman–Crippen LogP) is 5.64. The molecule has 8 nitrogen and oxygen atoms in total. The Morgan fingerprint density at radius 3 is 2.46 bits per heavy atom. The fourth-order valence-corrected chi connectivity index (χ4v) is 5.12. The molecule has 1 aliphatic heterocycles. The van der Waals surface area contributed by atoms with Crippen molar-refractivity contribution >= 4 is 28.6 Å². The third-order valence-corrected chi connectivity index (χ3v) is 7.44. The third-order valence-electron chi connectivity index (χ3n) is 7.44. The number of H-pyrrole nitrogens is 1. The zero-order chi connectivity index (χ0) is 29.1. The maximum Gasteiger partial charge on any atom is 0.339 e. The van der Waals surface area contributed by atoms with Crippen molar-refractivity contribution in [3.05, 3.63) is 84.1 Å². The summed E-state index contributed by atoms with van der Waals surface area (Å²) in [5.74, 6) is -0.695. The van der Waals surface area contributed by atoms with E-state index in [0.717, 1.165) is 66.1 Å². The van der Waals surface area contributed by atoms with Gasteiger partial charge in [0, 0.05) is 55.6 Å². The summed E-state index contributed by atoms with van der Waals surface area (Å²) >= 11 is 0. The van der Waals surface area contributed by atoms with Crippen LogP contribution in [0.5, 0.6) is 0 Å². The van der Waals surface area contributed by atoms with E-state index >= 15 is 0 Å². The van der Waals surface area contributed by atoms with Gasteiger partial charge in [0.15, 0.2) is 0 Å². The Balaban J connectivity index is 1.58. The topological polar surface area (TPSA) is 90.6 Å². The first kappa shape index (κ1) is 28.3. The molecule has 0 atom stereocenters. The summed E-state index contributed by atoms with van der Waals surface area (Å²) in [5, 5.41) is 3.70. The van der Waals surface area contributed by atoms with Gasteiger partial charge in [-0.2, -0.15) is 0 Å². The van der Waals surface area contributed by atoms with Crippen LogP contribution in [0.1, 0.15) is 35.3 Å². The highest BCUT2D eigenvalue weighted by Gasteiger charge is 2.20. The van der Waals surface area contributed by atoms with E-state index in [1.807, 2.05) is 45.0 Å². The number of nitrogens with zero attached hydrogens (tertiary/aromatic N) is 3. The molecule has 8 heteroatoms. The summed E-state index contributed by atoms with van der Waals surface area (Å²) in [6.45, 7) is 14.4. The number of aromatic nitrogens is 2. The molecule has 0 saturated carbocycles. The van der Waals surface area contributed by atoms with Gasteiger partial charge in [0.05, 0.1) is 17.4 Å². The zero-order valence-corrected chi connectivity index (χ0v) is 24.2. The number of hydrogen-bond acceptors (Lipinski definition) is 6. The minimum atomic E-state index is -0.417. The van der Waals surface area contributed by atoms with Crippen molar-refractivity contribution < 1.29 is 14.3 Å². The van der Waals surface area contributed by atoms with Gasteiger partial charge in [-0.25, -0.2) is 9.78 Å². The molecule has 1 fully saturated rings. The van der Waals surface area contributed by atoms with Crippen LogP contribution >= 0.6 is 0 Å². The second-order valence-electron chi connectivity index (χ2n) is 10.9. The molecular formula is C33H37N5O3. The fourth-order valence-electron chi connectivity index (χ4n) is 5.12. The number of esters is 1. The lowest BCUT2D eigenvalue weighted by Gasteiger charge is -2.32. The van der Waals surface area contributed by atoms with Gasteiger partial charge >= 0.3 is 5.97 Å². The number of likely N-dealkylation sites (N-methyl/N-ethyl adjacent to an activating group) is 1. The number of aromatic amines is 1. The van der Waals surface area contributed by atoms with E-state index in [0.29, 0.717) is 16.9 Å². The number of pyridine rings is 1. The second kappa shape index (κ2) is 12.1. The smallest absolute Gasteiger partial charge is 0.339 e. The van der Waals surface area contributed by atoms with Crippen molar-refractivity contribution in [2.45, 2.75) is 33.4 Å². The maximum atomic E-state index is 12.8. The molecule has 0 spiro atoms. The molecule has 0 bridgehead atoms. The van der Waals surface area contributed by atoms with Gasteiger partial charge < -0.3 is 19.9 Å². The van der Waals surface area contributed by atoms with E-state index in [4.69, 9.17) is 4.74 Å². The Kier molecular flexibility index (Phi) is 8.33. The summed E-state index contributed by atoms with van der Waals surface area (Å²) in [4.78, 5) is 37.8. The van der Waals surface area contributed by atoms with E-state index in [1.54, 1.807) is 6.20 Å². The molecule has 41 heavy (non-hydrogen) atoms. The highest BCUT2D eigenvalue weighted by molar-refractivity contribution is 6.06. The molecule has 1 saturated heterocycles. The first-order valence-electron chi connectivity index (χ1n) is 14.0. The zero-order valence-electron chi connectivity index (χ0n) is 24.2. The molecule has 0 radical (unpaired) electrons. The summed E-state index contributed by atoms with van der Waals surface area (Å²) < 4.78 is 5.44. The molecule has 4 aromatic rings. The van der Waals surface area contributed by atoms with Crippen LogP contribution in [0, 0.1) is 6.92 Å². The number of ether oxygens (including phenoxy) is 1. The third kappa shape index (κ3) is 6.39. The van der Waals surface area contributed by atoms with Crippen LogP contribution in [0.4, 0.5) is 5.69 Å². The molecular weight excluding hydrogens is 514 g/mol. The van der Waals surface area contributed by atoms with Gasteiger partial charge in [0.1, 0.15) is 5.65 Å². The van der Waals surface area contributed by atoms with Crippen molar-refractivity contribution in [1.29, 1.82) is 0 Å². The van der Waals surface area contributed by atoms with E-state index in [1.165, 1.54) is 11.6 Å². The largest absolute Gasteiger partial charge is 0.459 e. The highest BCUT2D eigenvalue weighted by atomic mass is 16.5. The highest BCUT2D eigenvalue weighted by Crippen LogP contribution is 2.39. The Labute approximate surface area is 241 Å². The van der Waals surface area contributed by atoms with E-state index in [9.17, 15) is 9.59 Å². The number of carbonyl (C=O) groups excluding carboxylic acids is 2. The number of nitrogens with one attached hydrogen (secondary N) is 2. The van der Waals surface area contributed by atoms with Crippen molar-refractivity contribution in [2.75, 3.05) is 38.5 Å². The molecule has 3 heterocycles. The number of amides is 1. The Morgan fingerprint density at radius 1 is 1.07 bits per heavy atom. The quantitative estimate of drug-likeness (QED) is 0.218. The van der Waals surface area contributed by atoms with E-state index < -0.39 is 5.97 Å². The molecule has 1 aliphatic rings. The molecule has 2 aromatic carbocycles. The average molecular weight is 552 g/mol. The van der Waals surface area contributed by atoms with E-state index in [2.05, 4.69) is 63.0 Å². The Hall–Kier alpha value is -4.27. The SMILES string of the molecule is C=CC(=O)Nc1cc(-c2c(-c3ccc(CN4CCN(C)CC4)cc3)[nH]c3ncc(C(=O)OC(C)C)cc23)ccc1C. The van der Waals surface area contributed by atoms with Crippen LogP contribution in [0.25, 0.3) is 33.4 Å². The second-order valence-corrected chi connectivity index (χ2v) is 10.9. The lowest BCUT2D eigenvalue weighted by Crippen LogP contribution is -2.43. The van der Waals surface area contributed by atoms with Crippen LogP contribution in [-0.4, -0.2) is 71.0 Å². The van der Waals surface area contributed by atoms with Crippen molar-refractivity contribution in [3.63, 3.8) is 0 Å². The van der Waals surface area contributed by atoms with Gasteiger partial charge in [-0.3, -0.25) is 9.69 Å². The fraction of sp³-hybridized carbons (Fsp3) is 0.303. The van der Waals surface area contributed by atoms with Crippen molar-refractivity contribution in [3.8, 4) is 22.4 Å². The number of benzene rings is 2. The van der Waals surface area contributed by atoms with Crippen molar-refractivity contribution in [1.82, 2.24) is 19.8 Å². The first-order valence-corrected chi connectivity index (χ1v) is 14.0. The summed E-state index contributed by atoms with van der Waals surface area (Å²) in [5.41, 5.74) is 7.60. The normalized spacial score (nSPS) is 14.4. The molecule has 5 rings (SSSR count). The molecule has 2 aromatic heterocycles. The lowest BCUT2D eigenvalue weighted by atomic mass is 9.96. The number of anilines is 1. The van der Waals surface area contributed by atoms with Crippen LogP contribution in [0.15, 0.2) is 67.4 Å². The average Bonchev–Trinajstić information content (AvgIpc) is 3.34. The number of carbonyl (C=O) groups is 2. The minimum Gasteiger partial charge on any atom is -0.459 e. The monoisotopic (exact) mass is 551 g/mol. The summed E-state index contributed by atoms with van der Waals surface area (Å²) in [6.07, 6.45) is 2.56. The Morgan fingerprint density at radius 2 is 1.78 bits per heavy atom. The van der Waals surface area contributed by atoms with Gasteiger partial charge in [-0.05, 0) is 68.3 Å². The molecule has 0 unspecified atom stereocenters. The predicted molar refractivity (Wildman–Crippen MR) is 164 cm³/mol. The maximum absolute atomic E-state index is 12.8. The summed E-state index contributed by atoms with van der Waals surface area (Å²) in [7, 11) is 2.17. The molecule has 0 aliphatic carbocycles. The number of hydrogen-bond donors (Lipinski definition) is 2. The van der Waals surface area contributed by atoms with Gasteiger partial charge in [-0.1, -0.05) is 43.0 Å². The van der Waals surface area contributed by atoms with Crippen LogP contribution in [-0.2, 0) is 16.1 Å². The van der Waals surface area contributed by atoms with E-state index in [-0.39, 0.29) is 12.0 Å². The number of rotatable bonds is 8. The first-order chi connectivity index (χ1) is 19.7. The van der Waals surface area contributed by atoms with Crippen LogP contribution < -0.4 is 5.32 Å². The van der Waals surface area contributed by atoms with Crippen LogP contribution in [0.3, 0.4) is 0 Å². The van der Waals surface area contributed by atoms with Crippen molar-refractivity contribution in [2.24, 2.45) is 0 Å². The van der Waals surface area contributed by atoms with Gasteiger partial charge in [0.2, 0.25) is 5.91 Å². The summed E-state index contributed by atoms with van der Waals surface area (Å²) in [6, 6.07) is 16.4. The number of piperazine rings is 1. The van der Waals surface area contributed by atoms with Gasteiger partial charge in [-0.15, -0.1) is 0 Å². The number of aryl methyl sites for hydroxylation is 1. The lowest BCUT2D eigenvalue weighted by molar-refractivity contribution is -0.111. The Bertz CT molecular complexity index is 1580.